The van der Waals surface area contributed by atoms with Gasteiger partial charge in [0.2, 0.25) is 5.91 Å². The second-order valence-corrected chi connectivity index (χ2v) is 7.08. The number of hydrogen-bond acceptors (Lipinski definition) is 1. The molecule has 0 aliphatic heterocycles. The van der Waals surface area contributed by atoms with Crippen molar-refractivity contribution in [2.75, 3.05) is 5.32 Å². The maximum absolute atomic E-state index is 14.0. The summed E-state index contributed by atoms with van der Waals surface area (Å²) in [6, 6.07) is 10.6. The van der Waals surface area contributed by atoms with E-state index in [2.05, 4.69) is 5.32 Å². The molecule has 25 heavy (non-hydrogen) atoms. The zero-order valence-corrected chi connectivity index (χ0v) is 14.5. The Morgan fingerprint density at radius 2 is 1.72 bits per heavy atom. The lowest BCUT2D eigenvalue weighted by molar-refractivity contribution is -0.117. The number of benzene rings is 2. The maximum Gasteiger partial charge on any atom is 0.224 e. The zero-order valence-electron chi connectivity index (χ0n) is 13.8. The first kappa shape index (κ1) is 17.9. The SMILES string of the molecule is O=C(CC1CCC(c2ccc(Cl)cc2F)CC1)Nc1ccc(F)cc1. The fourth-order valence-electron chi connectivity index (χ4n) is 3.52. The van der Waals surface area contributed by atoms with Gasteiger partial charge in [-0.2, -0.15) is 0 Å². The van der Waals surface area contributed by atoms with Crippen molar-refractivity contribution < 1.29 is 13.6 Å². The molecule has 2 nitrogen and oxygen atoms in total. The Bertz CT molecular complexity index is 740. The van der Waals surface area contributed by atoms with E-state index in [0.717, 1.165) is 31.2 Å². The summed E-state index contributed by atoms with van der Waals surface area (Å²) in [7, 11) is 0. The molecule has 0 unspecified atom stereocenters. The molecule has 1 saturated carbocycles. The smallest absolute Gasteiger partial charge is 0.224 e. The van der Waals surface area contributed by atoms with Crippen molar-refractivity contribution in [3.05, 3.63) is 64.7 Å². The molecular formula is C20H20ClF2NO. The van der Waals surface area contributed by atoms with Crippen LogP contribution in [0, 0.1) is 17.6 Å². The Morgan fingerprint density at radius 3 is 2.36 bits per heavy atom. The lowest BCUT2D eigenvalue weighted by atomic mass is 9.77. The number of carbonyl (C=O) groups excluding carboxylic acids is 1. The molecule has 0 radical (unpaired) electrons. The minimum absolute atomic E-state index is 0.0623. The lowest BCUT2D eigenvalue weighted by Gasteiger charge is -2.28. The van der Waals surface area contributed by atoms with Crippen LogP contribution in [-0.2, 0) is 4.79 Å². The molecule has 0 heterocycles. The molecule has 1 amide bonds. The quantitative estimate of drug-likeness (QED) is 0.717. The maximum atomic E-state index is 14.0. The van der Waals surface area contributed by atoms with E-state index in [9.17, 15) is 13.6 Å². The van der Waals surface area contributed by atoms with Gasteiger partial charge in [0.15, 0.2) is 0 Å². The van der Waals surface area contributed by atoms with Crippen LogP contribution in [0.3, 0.4) is 0 Å². The Kier molecular flexibility index (Phi) is 5.69. The Labute approximate surface area is 151 Å². The molecule has 0 atom stereocenters. The zero-order chi connectivity index (χ0) is 17.8. The monoisotopic (exact) mass is 363 g/mol. The standard InChI is InChI=1S/C20H20ClF2NO/c21-15-5-10-18(19(23)12-15)14-3-1-13(2-4-14)11-20(25)24-17-8-6-16(22)7-9-17/h5-10,12-14H,1-4,11H2,(H,24,25). The van der Waals surface area contributed by atoms with E-state index in [1.807, 2.05) is 0 Å². The van der Waals surface area contributed by atoms with Crippen molar-refractivity contribution in [3.8, 4) is 0 Å². The predicted molar refractivity (Wildman–Crippen MR) is 95.8 cm³/mol. The molecule has 1 N–H and O–H groups in total. The summed E-state index contributed by atoms with van der Waals surface area (Å²) in [5.74, 6) is -0.149. The highest BCUT2D eigenvalue weighted by atomic mass is 35.5. The van der Waals surface area contributed by atoms with E-state index in [1.54, 1.807) is 24.3 Å². The van der Waals surface area contributed by atoms with Gasteiger partial charge in [-0.25, -0.2) is 8.78 Å². The van der Waals surface area contributed by atoms with Gasteiger partial charge in [-0.15, -0.1) is 0 Å². The average molecular weight is 364 g/mol. The highest BCUT2D eigenvalue weighted by molar-refractivity contribution is 6.30. The molecule has 3 rings (SSSR count). The molecule has 0 aromatic heterocycles. The first-order valence-electron chi connectivity index (χ1n) is 8.51. The second kappa shape index (κ2) is 7.96. The summed E-state index contributed by atoms with van der Waals surface area (Å²) in [4.78, 5) is 12.1. The molecule has 2 aromatic rings. The number of amides is 1. The van der Waals surface area contributed by atoms with E-state index in [1.165, 1.54) is 18.2 Å². The minimum Gasteiger partial charge on any atom is -0.326 e. The third-order valence-corrected chi connectivity index (χ3v) is 5.09. The predicted octanol–water partition coefficient (Wildman–Crippen LogP) is 5.92. The van der Waals surface area contributed by atoms with Crippen LogP contribution in [0.5, 0.6) is 0 Å². The van der Waals surface area contributed by atoms with Crippen LogP contribution in [0.4, 0.5) is 14.5 Å². The van der Waals surface area contributed by atoms with E-state index in [-0.39, 0.29) is 23.5 Å². The second-order valence-electron chi connectivity index (χ2n) is 6.64. The summed E-state index contributed by atoms with van der Waals surface area (Å²) in [5, 5.41) is 3.20. The van der Waals surface area contributed by atoms with Crippen LogP contribution in [0.15, 0.2) is 42.5 Å². The van der Waals surface area contributed by atoms with Gasteiger partial charge in [-0.05, 0) is 79.5 Å². The number of carbonyl (C=O) groups is 1. The van der Waals surface area contributed by atoms with Gasteiger partial charge < -0.3 is 5.32 Å². The van der Waals surface area contributed by atoms with Crippen molar-refractivity contribution >= 4 is 23.2 Å². The van der Waals surface area contributed by atoms with Crippen LogP contribution in [-0.4, -0.2) is 5.91 Å². The first-order chi connectivity index (χ1) is 12.0. The largest absolute Gasteiger partial charge is 0.326 e. The normalized spacial score (nSPS) is 20.3. The molecule has 1 aliphatic rings. The molecule has 1 fully saturated rings. The summed E-state index contributed by atoms with van der Waals surface area (Å²) in [5.41, 5.74) is 1.32. The highest BCUT2D eigenvalue weighted by Crippen LogP contribution is 2.38. The van der Waals surface area contributed by atoms with Gasteiger partial charge in [0.05, 0.1) is 0 Å². The molecule has 0 saturated heterocycles. The number of hydrogen-bond donors (Lipinski definition) is 1. The van der Waals surface area contributed by atoms with Crippen molar-refractivity contribution in [2.45, 2.75) is 38.0 Å². The molecule has 2 aromatic carbocycles. The molecule has 0 spiro atoms. The first-order valence-corrected chi connectivity index (χ1v) is 8.89. The lowest BCUT2D eigenvalue weighted by Crippen LogP contribution is -2.21. The third kappa shape index (κ3) is 4.79. The fraction of sp³-hybridized carbons (Fsp3) is 0.350. The van der Waals surface area contributed by atoms with E-state index >= 15 is 0 Å². The Morgan fingerprint density at radius 1 is 1.04 bits per heavy atom. The minimum atomic E-state index is -0.328. The van der Waals surface area contributed by atoms with Gasteiger partial charge in [-0.3, -0.25) is 4.79 Å². The van der Waals surface area contributed by atoms with Gasteiger partial charge in [0.25, 0.3) is 0 Å². The average Bonchev–Trinajstić information content (AvgIpc) is 2.58. The van der Waals surface area contributed by atoms with Crippen molar-refractivity contribution in [3.63, 3.8) is 0 Å². The van der Waals surface area contributed by atoms with Crippen LogP contribution in [0.25, 0.3) is 0 Å². The summed E-state index contributed by atoms with van der Waals surface area (Å²) in [6.45, 7) is 0. The molecular weight excluding hydrogens is 344 g/mol. The van der Waals surface area contributed by atoms with E-state index in [4.69, 9.17) is 11.6 Å². The fourth-order valence-corrected chi connectivity index (χ4v) is 3.68. The Balaban J connectivity index is 1.50. The molecule has 5 heteroatoms. The third-order valence-electron chi connectivity index (χ3n) is 4.85. The van der Waals surface area contributed by atoms with Gasteiger partial charge in [-0.1, -0.05) is 17.7 Å². The highest BCUT2D eigenvalue weighted by Gasteiger charge is 2.25. The van der Waals surface area contributed by atoms with E-state index < -0.39 is 0 Å². The number of anilines is 1. The molecule has 0 bridgehead atoms. The summed E-state index contributed by atoms with van der Waals surface area (Å²) < 4.78 is 26.9. The van der Waals surface area contributed by atoms with Crippen molar-refractivity contribution in [2.24, 2.45) is 5.92 Å². The van der Waals surface area contributed by atoms with Crippen LogP contribution in [0.2, 0.25) is 5.02 Å². The summed E-state index contributed by atoms with van der Waals surface area (Å²) in [6.07, 6.45) is 3.96. The van der Waals surface area contributed by atoms with Crippen LogP contribution < -0.4 is 5.32 Å². The Hall–Kier alpha value is -1.94. The number of rotatable bonds is 4. The van der Waals surface area contributed by atoms with Crippen molar-refractivity contribution in [1.29, 1.82) is 0 Å². The summed E-state index contributed by atoms with van der Waals surface area (Å²) >= 11 is 5.81. The van der Waals surface area contributed by atoms with Gasteiger partial charge >= 0.3 is 0 Å². The number of halogens is 3. The molecule has 132 valence electrons. The van der Waals surface area contributed by atoms with Gasteiger partial charge in [0, 0.05) is 17.1 Å². The number of nitrogens with one attached hydrogen (secondary N) is 1. The van der Waals surface area contributed by atoms with Crippen LogP contribution in [0.1, 0.15) is 43.6 Å². The topological polar surface area (TPSA) is 29.1 Å². The van der Waals surface area contributed by atoms with Crippen LogP contribution >= 0.6 is 11.6 Å². The van der Waals surface area contributed by atoms with Crippen molar-refractivity contribution in [1.82, 2.24) is 0 Å². The molecule has 1 aliphatic carbocycles. The van der Waals surface area contributed by atoms with E-state index in [0.29, 0.717) is 23.0 Å². The van der Waals surface area contributed by atoms with Gasteiger partial charge in [0.1, 0.15) is 11.6 Å².